The van der Waals surface area contributed by atoms with E-state index in [-0.39, 0.29) is 13.2 Å². The molecular weight excluding hydrogens is 256 g/mol. The minimum Gasteiger partial charge on any atom is -0.485 e. The van der Waals surface area contributed by atoms with Crippen molar-refractivity contribution in [1.29, 1.82) is 0 Å². The second-order valence-electron chi connectivity index (χ2n) is 4.24. The molecule has 104 valence electrons. The van der Waals surface area contributed by atoms with Gasteiger partial charge in [0, 0.05) is 12.0 Å². The normalized spacial score (nSPS) is 9.95. The van der Waals surface area contributed by atoms with Crippen molar-refractivity contribution in [3.05, 3.63) is 35.2 Å². The van der Waals surface area contributed by atoms with E-state index in [9.17, 15) is 0 Å². The quantitative estimate of drug-likeness (QED) is 0.835. The van der Waals surface area contributed by atoms with E-state index in [1.165, 1.54) is 4.80 Å². The number of hydrogen-bond acceptors (Lipinski definition) is 5. The minimum atomic E-state index is 0.0817. The van der Waals surface area contributed by atoms with Gasteiger partial charge in [-0.25, -0.2) is 0 Å². The molecule has 6 heteroatoms. The molecule has 0 fully saturated rings. The zero-order valence-corrected chi connectivity index (χ0v) is 11.5. The maximum Gasteiger partial charge on any atom is 0.212 e. The fourth-order valence-electron chi connectivity index (χ4n) is 1.61. The van der Waals surface area contributed by atoms with Crippen molar-refractivity contribution in [2.45, 2.75) is 20.0 Å². The number of nitrogens with zero attached hydrogens (tertiary/aromatic N) is 4. The van der Waals surface area contributed by atoms with Gasteiger partial charge in [0.1, 0.15) is 5.75 Å². The van der Waals surface area contributed by atoms with Gasteiger partial charge in [-0.2, -0.15) is 4.80 Å². The molecule has 0 saturated heterocycles. The molecule has 1 aromatic heterocycles. The van der Waals surface area contributed by atoms with Crippen LogP contribution in [0.5, 0.6) is 5.75 Å². The van der Waals surface area contributed by atoms with Crippen molar-refractivity contribution >= 4 is 0 Å². The van der Waals surface area contributed by atoms with Crippen LogP contribution in [0.25, 0.3) is 0 Å². The minimum absolute atomic E-state index is 0.0817. The Bertz CT molecular complexity index is 640. The summed E-state index contributed by atoms with van der Waals surface area (Å²) in [6.07, 6.45) is 0.482. The number of aliphatic hydroxyl groups is 1. The fourth-order valence-corrected chi connectivity index (χ4v) is 1.61. The Kier molecular flexibility index (Phi) is 4.69. The van der Waals surface area contributed by atoms with E-state index < -0.39 is 0 Å². The summed E-state index contributed by atoms with van der Waals surface area (Å²) in [5.41, 5.74) is 1.96. The Labute approximate surface area is 117 Å². The van der Waals surface area contributed by atoms with Crippen molar-refractivity contribution in [3.63, 3.8) is 0 Å². The van der Waals surface area contributed by atoms with Gasteiger partial charge in [0.15, 0.2) is 6.61 Å². The Balaban J connectivity index is 2.00. The van der Waals surface area contributed by atoms with Crippen LogP contribution >= 0.6 is 0 Å². The summed E-state index contributed by atoms with van der Waals surface area (Å²) in [6, 6.07) is 5.67. The predicted octanol–water partition coefficient (Wildman–Crippen LogP) is 0.831. The first-order valence-electron chi connectivity index (χ1n) is 6.25. The molecular formula is C14H16N4O2. The number of tetrazole rings is 1. The number of aliphatic hydroxyl groups excluding tert-OH is 1. The van der Waals surface area contributed by atoms with Gasteiger partial charge in [-0.15, -0.1) is 10.2 Å². The first-order chi connectivity index (χ1) is 9.69. The average molecular weight is 272 g/mol. The number of hydrogen-bond donors (Lipinski definition) is 1. The van der Waals surface area contributed by atoms with Crippen molar-refractivity contribution < 1.29 is 9.84 Å². The van der Waals surface area contributed by atoms with Gasteiger partial charge in [-0.1, -0.05) is 11.8 Å². The SMILES string of the molecule is Cc1cc(OCc2nnn(C)n2)ccc1C#CCCO. The number of ether oxygens (including phenoxy) is 1. The van der Waals surface area contributed by atoms with E-state index in [0.717, 1.165) is 16.9 Å². The van der Waals surface area contributed by atoms with E-state index in [4.69, 9.17) is 9.84 Å². The fraction of sp³-hybridized carbons (Fsp3) is 0.357. The van der Waals surface area contributed by atoms with Gasteiger partial charge in [-0.3, -0.25) is 0 Å². The molecule has 20 heavy (non-hydrogen) atoms. The number of benzene rings is 1. The molecule has 0 unspecified atom stereocenters. The molecule has 0 aliphatic rings. The second-order valence-corrected chi connectivity index (χ2v) is 4.24. The van der Waals surface area contributed by atoms with Gasteiger partial charge >= 0.3 is 0 Å². The molecule has 0 radical (unpaired) electrons. The van der Waals surface area contributed by atoms with Gasteiger partial charge < -0.3 is 9.84 Å². The number of aromatic nitrogens is 4. The van der Waals surface area contributed by atoms with E-state index in [1.54, 1.807) is 7.05 Å². The van der Waals surface area contributed by atoms with Gasteiger partial charge in [0.05, 0.1) is 13.7 Å². The molecule has 0 aliphatic carbocycles. The third-order valence-corrected chi connectivity index (χ3v) is 2.58. The predicted molar refractivity (Wildman–Crippen MR) is 72.9 cm³/mol. The topological polar surface area (TPSA) is 73.1 Å². The molecule has 0 atom stereocenters. The highest BCUT2D eigenvalue weighted by atomic mass is 16.5. The largest absolute Gasteiger partial charge is 0.485 e. The summed E-state index contributed by atoms with van der Waals surface area (Å²) >= 11 is 0. The van der Waals surface area contributed by atoms with Crippen molar-refractivity contribution in [2.24, 2.45) is 7.05 Å². The first kappa shape index (κ1) is 14.0. The van der Waals surface area contributed by atoms with E-state index >= 15 is 0 Å². The Morgan fingerprint density at radius 3 is 2.90 bits per heavy atom. The Morgan fingerprint density at radius 1 is 1.40 bits per heavy atom. The summed E-state index contributed by atoms with van der Waals surface area (Å²) in [4.78, 5) is 1.39. The summed E-state index contributed by atoms with van der Waals surface area (Å²) in [7, 11) is 1.71. The van der Waals surface area contributed by atoms with Crippen LogP contribution in [0.15, 0.2) is 18.2 Å². The lowest BCUT2D eigenvalue weighted by Gasteiger charge is -2.05. The molecule has 2 rings (SSSR count). The zero-order valence-electron chi connectivity index (χ0n) is 11.5. The number of aryl methyl sites for hydroxylation is 2. The molecule has 6 nitrogen and oxygen atoms in total. The van der Waals surface area contributed by atoms with Crippen molar-refractivity contribution in [2.75, 3.05) is 6.61 Å². The Hall–Kier alpha value is -2.39. The highest BCUT2D eigenvalue weighted by Gasteiger charge is 2.03. The molecule has 0 spiro atoms. The van der Waals surface area contributed by atoms with Crippen LogP contribution in [-0.2, 0) is 13.7 Å². The highest BCUT2D eigenvalue weighted by molar-refractivity contribution is 5.44. The highest BCUT2D eigenvalue weighted by Crippen LogP contribution is 2.17. The van der Waals surface area contributed by atoms with Crippen molar-refractivity contribution in [3.8, 4) is 17.6 Å². The lowest BCUT2D eigenvalue weighted by molar-refractivity contribution is 0.295. The van der Waals surface area contributed by atoms with Crippen LogP contribution in [-0.4, -0.2) is 31.9 Å². The van der Waals surface area contributed by atoms with Crippen LogP contribution < -0.4 is 4.74 Å². The lowest BCUT2D eigenvalue weighted by Crippen LogP contribution is -1.99. The van der Waals surface area contributed by atoms with Crippen LogP contribution in [0.2, 0.25) is 0 Å². The third kappa shape index (κ3) is 3.80. The van der Waals surface area contributed by atoms with E-state index in [1.807, 2.05) is 25.1 Å². The zero-order chi connectivity index (χ0) is 14.4. The maximum absolute atomic E-state index is 8.70. The molecule has 0 amide bonds. The monoisotopic (exact) mass is 272 g/mol. The molecule has 0 saturated carbocycles. The average Bonchev–Trinajstić information content (AvgIpc) is 2.85. The van der Waals surface area contributed by atoms with Gasteiger partial charge in [-0.05, 0) is 35.9 Å². The lowest BCUT2D eigenvalue weighted by atomic mass is 10.1. The van der Waals surface area contributed by atoms with E-state index in [0.29, 0.717) is 12.2 Å². The number of rotatable bonds is 4. The molecule has 1 N–H and O–H groups in total. The first-order valence-corrected chi connectivity index (χ1v) is 6.25. The van der Waals surface area contributed by atoms with Gasteiger partial charge in [0.25, 0.3) is 0 Å². The molecule has 2 aromatic rings. The molecule has 1 aromatic carbocycles. The standard InChI is InChI=1S/C14H16N4O2/c1-11-9-13(7-6-12(11)5-3-4-8-19)20-10-14-15-17-18(2)16-14/h6-7,9,19H,4,8,10H2,1-2H3. The summed E-state index contributed by atoms with van der Waals surface area (Å²) in [5, 5.41) is 20.3. The third-order valence-electron chi connectivity index (χ3n) is 2.58. The van der Waals surface area contributed by atoms with Gasteiger partial charge in [0.2, 0.25) is 5.82 Å². The summed E-state index contributed by atoms with van der Waals surface area (Å²) in [6.45, 7) is 2.33. The Morgan fingerprint density at radius 2 is 2.25 bits per heavy atom. The molecule has 0 bridgehead atoms. The maximum atomic E-state index is 8.70. The van der Waals surface area contributed by atoms with Crippen molar-refractivity contribution in [1.82, 2.24) is 20.2 Å². The molecule has 1 heterocycles. The van der Waals surface area contributed by atoms with Crippen LogP contribution in [0, 0.1) is 18.8 Å². The smallest absolute Gasteiger partial charge is 0.212 e. The summed E-state index contributed by atoms with van der Waals surface area (Å²) in [5.74, 6) is 7.19. The second kappa shape index (κ2) is 6.68. The van der Waals surface area contributed by atoms with E-state index in [2.05, 4.69) is 27.3 Å². The van der Waals surface area contributed by atoms with Crippen LogP contribution in [0.3, 0.4) is 0 Å². The van der Waals surface area contributed by atoms with Crippen LogP contribution in [0.4, 0.5) is 0 Å². The van der Waals surface area contributed by atoms with Crippen LogP contribution in [0.1, 0.15) is 23.4 Å². The summed E-state index contributed by atoms with van der Waals surface area (Å²) < 4.78 is 5.60. The molecule has 0 aliphatic heterocycles.